The number of hydrogen-bond acceptors (Lipinski definition) is 4. The molecule has 1 aliphatic carbocycles. The third-order valence-corrected chi connectivity index (χ3v) is 6.13. The average Bonchev–Trinajstić information content (AvgIpc) is 2.96. The van der Waals surface area contributed by atoms with Gasteiger partial charge in [0, 0.05) is 23.5 Å². The molecule has 2 atom stereocenters. The summed E-state index contributed by atoms with van der Waals surface area (Å²) in [5, 5.41) is 4.40. The van der Waals surface area contributed by atoms with Crippen LogP contribution in [0.4, 0.5) is 0 Å². The zero-order valence-electron chi connectivity index (χ0n) is 11.5. The molecule has 20 heavy (non-hydrogen) atoms. The van der Waals surface area contributed by atoms with Gasteiger partial charge >= 0.3 is 0 Å². The molecule has 108 valence electrons. The van der Waals surface area contributed by atoms with E-state index in [-0.39, 0.29) is 6.04 Å². The van der Waals surface area contributed by atoms with Crippen LogP contribution in [0.2, 0.25) is 0 Å². The molecule has 2 unspecified atom stereocenters. The van der Waals surface area contributed by atoms with E-state index in [9.17, 15) is 0 Å². The molecule has 0 spiro atoms. The number of halogens is 1. The average molecular weight is 371 g/mol. The highest BCUT2D eigenvalue weighted by atomic mass is 79.9. The molecule has 1 saturated carbocycles. The van der Waals surface area contributed by atoms with Crippen LogP contribution in [0.15, 0.2) is 32.7 Å². The van der Waals surface area contributed by atoms with Crippen molar-refractivity contribution in [2.75, 3.05) is 0 Å². The quantitative estimate of drug-likeness (QED) is 0.803. The van der Waals surface area contributed by atoms with Crippen molar-refractivity contribution in [3.63, 3.8) is 0 Å². The van der Waals surface area contributed by atoms with Crippen LogP contribution < -0.4 is 5.73 Å². The second-order valence-corrected chi connectivity index (χ2v) is 8.76. The molecular formula is C15H19BrN2S2. The van der Waals surface area contributed by atoms with Gasteiger partial charge < -0.3 is 5.73 Å². The summed E-state index contributed by atoms with van der Waals surface area (Å²) < 4.78 is 1.18. The van der Waals surface area contributed by atoms with Crippen molar-refractivity contribution in [1.82, 2.24) is 4.90 Å². The fourth-order valence-electron chi connectivity index (χ4n) is 2.67. The van der Waals surface area contributed by atoms with Crippen LogP contribution in [0.5, 0.6) is 0 Å². The Morgan fingerprint density at radius 1 is 1.40 bits per heavy atom. The van der Waals surface area contributed by atoms with E-state index in [4.69, 9.17) is 5.73 Å². The highest BCUT2D eigenvalue weighted by molar-refractivity contribution is 9.11. The first kappa shape index (κ1) is 14.7. The van der Waals surface area contributed by atoms with Gasteiger partial charge in [-0.2, -0.15) is 11.3 Å². The third-order valence-electron chi connectivity index (χ3n) is 3.70. The summed E-state index contributed by atoms with van der Waals surface area (Å²) in [7, 11) is 0. The van der Waals surface area contributed by atoms with Crippen molar-refractivity contribution < 1.29 is 0 Å². The van der Waals surface area contributed by atoms with Gasteiger partial charge in [-0.15, -0.1) is 11.3 Å². The Balaban J connectivity index is 1.86. The molecule has 0 aromatic carbocycles. The SMILES string of the molecule is CC(N)C(c1ccc(Br)s1)N(Cc1ccsc1)C1CC1. The molecule has 2 aromatic heterocycles. The van der Waals surface area contributed by atoms with Gasteiger partial charge in [0.15, 0.2) is 0 Å². The Labute approximate surface area is 136 Å². The zero-order valence-corrected chi connectivity index (χ0v) is 14.7. The fourth-order valence-corrected chi connectivity index (χ4v) is 4.99. The standard InChI is InChI=1S/C15H19BrN2S2/c1-10(17)15(13-4-5-14(16)20-13)18(12-2-3-12)8-11-6-7-19-9-11/h4-7,9-10,12,15H,2-3,8,17H2,1H3. The van der Waals surface area contributed by atoms with Gasteiger partial charge in [-0.1, -0.05) is 0 Å². The van der Waals surface area contributed by atoms with E-state index in [0.717, 1.165) is 6.54 Å². The van der Waals surface area contributed by atoms with Crippen LogP contribution in [0.3, 0.4) is 0 Å². The molecule has 2 aromatic rings. The minimum absolute atomic E-state index is 0.139. The maximum Gasteiger partial charge on any atom is 0.0702 e. The van der Waals surface area contributed by atoms with E-state index in [1.807, 2.05) is 11.3 Å². The second-order valence-electron chi connectivity index (χ2n) is 5.48. The van der Waals surface area contributed by atoms with Crippen molar-refractivity contribution in [2.45, 2.75) is 44.4 Å². The number of rotatable bonds is 6. The minimum Gasteiger partial charge on any atom is -0.326 e. The monoisotopic (exact) mass is 370 g/mol. The molecule has 3 rings (SSSR count). The van der Waals surface area contributed by atoms with Gasteiger partial charge in [0.25, 0.3) is 0 Å². The van der Waals surface area contributed by atoms with Crippen molar-refractivity contribution in [2.24, 2.45) is 5.73 Å². The zero-order chi connectivity index (χ0) is 14.1. The topological polar surface area (TPSA) is 29.3 Å². The van der Waals surface area contributed by atoms with Gasteiger partial charge in [0.2, 0.25) is 0 Å². The number of nitrogens with zero attached hydrogens (tertiary/aromatic N) is 1. The number of hydrogen-bond donors (Lipinski definition) is 1. The lowest BCUT2D eigenvalue weighted by atomic mass is 10.1. The maximum absolute atomic E-state index is 6.33. The maximum atomic E-state index is 6.33. The summed E-state index contributed by atoms with van der Waals surface area (Å²) in [5.74, 6) is 0. The summed E-state index contributed by atoms with van der Waals surface area (Å²) in [4.78, 5) is 3.97. The molecule has 2 heterocycles. The van der Waals surface area contributed by atoms with Crippen LogP contribution in [0.1, 0.15) is 36.2 Å². The highest BCUT2D eigenvalue weighted by Crippen LogP contribution is 2.40. The summed E-state index contributed by atoms with van der Waals surface area (Å²) in [6.45, 7) is 3.14. The van der Waals surface area contributed by atoms with Crippen molar-refractivity contribution in [3.05, 3.63) is 43.2 Å². The van der Waals surface area contributed by atoms with E-state index in [0.29, 0.717) is 12.1 Å². The Morgan fingerprint density at radius 2 is 2.20 bits per heavy atom. The Morgan fingerprint density at radius 3 is 2.70 bits per heavy atom. The van der Waals surface area contributed by atoms with Crippen LogP contribution in [-0.2, 0) is 6.54 Å². The van der Waals surface area contributed by atoms with Crippen molar-refractivity contribution >= 4 is 38.6 Å². The van der Waals surface area contributed by atoms with Gasteiger partial charge in [0.05, 0.1) is 9.83 Å². The van der Waals surface area contributed by atoms with Crippen LogP contribution >= 0.6 is 38.6 Å². The lowest BCUT2D eigenvalue weighted by Crippen LogP contribution is -2.40. The predicted molar refractivity (Wildman–Crippen MR) is 91.3 cm³/mol. The first-order valence-electron chi connectivity index (χ1n) is 6.93. The van der Waals surface area contributed by atoms with Crippen LogP contribution in [-0.4, -0.2) is 17.0 Å². The number of thiophene rings is 2. The molecule has 2 N–H and O–H groups in total. The summed E-state index contributed by atoms with van der Waals surface area (Å²) in [5.41, 5.74) is 7.73. The second kappa shape index (κ2) is 6.28. The molecule has 0 amide bonds. The minimum atomic E-state index is 0.139. The molecule has 0 radical (unpaired) electrons. The summed E-state index contributed by atoms with van der Waals surface area (Å²) in [6, 6.07) is 7.73. The van der Waals surface area contributed by atoms with E-state index in [1.54, 1.807) is 11.3 Å². The molecule has 0 bridgehead atoms. The van der Waals surface area contributed by atoms with Gasteiger partial charge in [-0.05, 0) is 70.2 Å². The molecule has 1 fully saturated rings. The van der Waals surface area contributed by atoms with E-state index in [1.165, 1.54) is 27.1 Å². The largest absolute Gasteiger partial charge is 0.326 e. The summed E-state index contributed by atoms with van der Waals surface area (Å²) in [6.07, 6.45) is 2.61. The molecule has 5 heteroatoms. The third kappa shape index (κ3) is 3.34. The first-order chi connectivity index (χ1) is 9.65. The van der Waals surface area contributed by atoms with E-state index < -0.39 is 0 Å². The van der Waals surface area contributed by atoms with Gasteiger partial charge in [-0.25, -0.2) is 0 Å². The van der Waals surface area contributed by atoms with Gasteiger partial charge in [-0.3, -0.25) is 4.90 Å². The summed E-state index contributed by atoms with van der Waals surface area (Å²) >= 11 is 7.15. The lowest BCUT2D eigenvalue weighted by molar-refractivity contribution is 0.160. The highest BCUT2D eigenvalue weighted by Gasteiger charge is 2.36. The molecule has 1 aliphatic rings. The molecule has 2 nitrogen and oxygen atoms in total. The first-order valence-corrected chi connectivity index (χ1v) is 9.48. The predicted octanol–water partition coefficient (Wildman–Crippen LogP) is 4.63. The molecule has 0 aliphatic heterocycles. The smallest absolute Gasteiger partial charge is 0.0702 e. The van der Waals surface area contributed by atoms with Crippen molar-refractivity contribution in [1.29, 1.82) is 0 Å². The molecular weight excluding hydrogens is 352 g/mol. The molecule has 0 saturated heterocycles. The van der Waals surface area contributed by atoms with Crippen molar-refractivity contribution in [3.8, 4) is 0 Å². The van der Waals surface area contributed by atoms with E-state index in [2.05, 4.69) is 56.7 Å². The normalized spacial score (nSPS) is 18.4. The Hall–Kier alpha value is -0.200. The van der Waals surface area contributed by atoms with Crippen LogP contribution in [0, 0.1) is 0 Å². The Kier molecular flexibility index (Phi) is 4.62. The van der Waals surface area contributed by atoms with E-state index >= 15 is 0 Å². The van der Waals surface area contributed by atoms with Gasteiger partial charge in [0.1, 0.15) is 0 Å². The van der Waals surface area contributed by atoms with Crippen LogP contribution in [0.25, 0.3) is 0 Å². The number of nitrogens with two attached hydrogens (primary N) is 1. The Bertz CT molecular complexity index is 546. The fraction of sp³-hybridized carbons (Fsp3) is 0.467. The lowest BCUT2D eigenvalue weighted by Gasteiger charge is -2.33.